The highest BCUT2D eigenvalue weighted by Gasteiger charge is 2.38. The van der Waals surface area contributed by atoms with E-state index in [9.17, 15) is 35.9 Å². The largest absolute Gasteiger partial charge is 0.435 e. The Hall–Kier alpha value is -4.03. The van der Waals surface area contributed by atoms with Crippen LogP contribution in [0, 0.1) is 5.92 Å². The van der Waals surface area contributed by atoms with Gasteiger partial charge in [0.25, 0.3) is 0 Å². The second-order valence-electron chi connectivity index (χ2n) is 9.45. The van der Waals surface area contributed by atoms with E-state index >= 15 is 0 Å². The molecule has 0 aliphatic carbocycles. The van der Waals surface area contributed by atoms with E-state index in [2.05, 4.69) is 10.3 Å². The van der Waals surface area contributed by atoms with Crippen molar-refractivity contribution in [3.05, 3.63) is 72.1 Å². The Morgan fingerprint density at radius 1 is 1.02 bits per heavy atom. The zero-order valence-electron chi connectivity index (χ0n) is 22.9. The molecule has 1 aliphatic heterocycles. The molecule has 41 heavy (non-hydrogen) atoms. The van der Waals surface area contributed by atoms with Gasteiger partial charge in [0.2, 0.25) is 11.8 Å². The molecule has 2 aromatic carbocycles. The predicted octanol–water partition coefficient (Wildman–Crippen LogP) is 6.02. The van der Waals surface area contributed by atoms with Gasteiger partial charge in [0.05, 0.1) is 11.4 Å². The van der Waals surface area contributed by atoms with E-state index in [1.807, 2.05) is 0 Å². The zero-order valence-corrected chi connectivity index (χ0v) is 22.9. The number of benzene rings is 2. The third kappa shape index (κ3) is 11.5. The van der Waals surface area contributed by atoms with E-state index in [-0.39, 0.29) is 36.0 Å². The van der Waals surface area contributed by atoms with Crippen LogP contribution in [0.15, 0.2) is 71.5 Å². The molecule has 0 spiro atoms. The number of rotatable bonds is 7. The Morgan fingerprint density at radius 3 is 2.02 bits per heavy atom. The van der Waals surface area contributed by atoms with Gasteiger partial charge < -0.3 is 20.9 Å². The Balaban J connectivity index is 0.00000108. The van der Waals surface area contributed by atoms with Crippen LogP contribution in [-0.4, -0.2) is 59.8 Å². The van der Waals surface area contributed by atoms with Crippen molar-refractivity contribution in [1.82, 2.24) is 9.80 Å². The molecule has 0 aromatic heterocycles. The summed E-state index contributed by atoms with van der Waals surface area (Å²) in [5.41, 5.74) is 5.39. The van der Waals surface area contributed by atoms with Gasteiger partial charge in [-0.1, -0.05) is 30.3 Å². The first-order valence-corrected chi connectivity index (χ1v) is 12.6. The fraction of sp³-hybridized carbons (Fsp3) is 0.393. The van der Waals surface area contributed by atoms with Gasteiger partial charge in [-0.3, -0.25) is 9.59 Å². The van der Waals surface area contributed by atoms with Crippen LogP contribution in [0.1, 0.15) is 32.3 Å². The number of likely N-dealkylation sites (tertiary alicyclic amines) is 1. The summed E-state index contributed by atoms with van der Waals surface area (Å²) in [6.07, 6.45) is -6.62. The van der Waals surface area contributed by atoms with Crippen LogP contribution in [0.2, 0.25) is 0 Å². The summed E-state index contributed by atoms with van der Waals surface area (Å²) >= 11 is 0. The van der Waals surface area contributed by atoms with Gasteiger partial charge in [-0.2, -0.15) is 26.3 Å². The van der Waals surface area contributed by atoms with E-state index < -0.39 is 18.1 Å². The molecule has 0 bridgehead atoms. The second-order valence-corrected chi connectivity index (χ2v) is 9.45. The SMILES string of the molecule is CC(=O)N1CCC(C(=O)N(C)Cc2ccc(N/C(=C/N)C(=Nc3ccccc3)C(F)(F)F)cc2)CC1.CC(F)(F)F. The lowest BCUT2D eigenvalue weighted by molar-refractivity contribution is -0.139. The van der Waals surface area contributed by atoms with Crippen molar-refractivity contribution in [1.29, 1.82) is 0 Å². The lowest BCUT2D eigenvalue weighted by Gasteiger charge is -2.32. The predicted molar refractivity (Wildman–Crippen MR) is 145 cm³/mol. The maximum absolute atomic E-state index is 13.7. The molecule has 7 nitrogen and oxygen atoms in total. The smallest absolute Gasteiger partial charge is 0.403 e. The van der Waals surface area contributed by atoms with Gasteiger partial charge in [-0.15, -0.1) is 0 Å². The standard InChI is InChI=1S/C26H30F3N5O2.C2H3F3/c1-18(35)34-14-12-20(13-15-34)25(36)33(2)17-19-8-10-22(11-9-19)31-23(16-30)24(26(27,28)29)32-21-6-4-3-5-7-21;1-2(3,4)5/h3-11,16,20,31H,12-15,17,30H2,1-2H3;1H3/b23-16+,32-24?;. The van der Waals surface area contributed by atoms with Crippen LogP contribution in [0.3, 0.4) is 0 Å². The number of para-hydroxylation sites is 1. The molecule has 3 N–H and O–H groups in total. The van der Waals surface area contributed by atoms with E-state index in [0.717, 1.165) is 11.8 Å². The number of carbonyl (C=O) groups excluding carboxylic acids is 2. The monoisotopic (exact) mass is 585 g/mol. The Bertz CT molecular complexity index is 1200. The quantitative estimate of drug-likeness (QED) is 0.307. The summed E-state index contributed by atoms with van der Waals surface area (Å²) in [6, 6.07) is 14.5. The molecule has 2 amide bonds. The summed E-state index contributed by atoms with van der Waals surface area (Å²) in [4.78, 5) is 31.4. The molecule has 0 atom stereocenters. The number of piperidine rings is 1. The number of allylic oxidation sites excluding steroid dienone is 1. The lowest BCUT2D eigenvalue weighted by atomic mass is 9.95. The number of halogens is 6. The van der Waals surface area contributed by atoms with Crippen LogP contribution >= 0.6 is 0 Å². The number of nitrogens with zero attached hydrogens (tertiary/aromatic N) is 3. The van der Waals surface area contributed by atoms with E-state index in [0.29, 0.717) is 38.2 Å². The van der Waals surface area contributed by atoms with Crippen molar-refractivity contribution in [3.8, 4) is 0 Å². The molecule has 1 saturated heterocycles. The summed E-state index contributed by atoms with van der Waals surface area (Å²) in [6.45, 7) is 3.22. The molecule has 13 heteroatoms. The van der Waals surface area contributed by atoms with Crippen molar-refractivity contribution in [2.75, 3.05) is 25.5 Å². The van der Waals surface area contributed by atoms with Gasteiger partial charge >= 0.3 is 12.4 Å². The first kappa shape index (κ1) is 33.2. The average Bonchev–Trinajstić information content (AvgIpc) is 2.90. The van der Waals surface area contributed by atoms with Gasteiger partial charge in [-0.05, 0) is 42.7 Å². The van der Waals surface area contributed by atoms with E-state index in [1.165, 1.54) is 19.1 Å². The third-order valence-corrected chi connectivity index (χ3v) is 6.01. The van der Waals surface area contributed by atoms with Gasteiger partial charge in [0.1, 0.15) is 0 Å². The van der Waals surface area contributed by atoms with Crippen molar-refractivity contribution in [3.63, 3.8) is 0 Å². The Labute approximate surface area is 234 Å². The normalized spacial score (nSPS) is 15.1. The molecule has 2 aromatic rings. The highest BCUT2D eigenvalue weighted by molar-refractivity contribution is 6.07. The van der Waals surface area contributed by atoms with Crippen LogP contribution < -0.4 is 11.1 Å². The van der Waals surface area contributed by atoms with E-state index in [4.69, 9.17) is 5.73 Å². The fourth-order valence-corrected chi connectivity index (χ4v) is 4.04. The molecular formula is C28H33F6N5O2. The number of aliphatic imine (C=N–C) groups is 1. The molecule has 1 fully saturated rings. The number of amides is 2. The number of nitrogens with one attached hydrogen (secondary N) is 1. The molecule has 224 valence electrons. The topological polar surface area (TPSA) is 91.0 Å². The maximum Gasteiger partial charge on any atom is 0.435 e. The molecule has 0 saturated carbocycles. The minimum atomic E-state index is -4.72. The first-order chi connectivity index (χ1) is 19.1. The van der Waals surface area contributed by atoms with Gasteiger partial charge in [-0.25, -0.2) is 4.99 Å². The van der Waals surface area contributed by atoms with Gasteiger partial charge in [0.15, 0.2) is 5.71 Å². The molecule has 0 unspecified atom stereocenters. The first-order valence-electron chi connectivity index (χ1n) is 12.6. The third-order valence-electron chi connectivity index (χ3n) is 6.01. The number of hydrogen-bond acceptors (Lipinski definition) is 5. The van der Waals surface area contributed by atoms with Crippen LogP contribution in [0.25, 0.3) is 0 Å². The van der Waals surface area contributed by atoms with Crippen molar-refractivity contribution in [2.24, 2.45) is 16.6 Å². The average molecular weight is 586 g/mol. The number of carbonyl (C=O) groups is 2. The second kappa shape index (κ2) is 14.6. The summed E-state index contributed by atoms with van der Waals surface area (Å²) in [5, 5.41) is 2.70. The van der Waals surface area contributed by atoms with Gasteiger partial charge in [0, 0.05) is 58.3 Å². The number of anilines is 1. The molecule has 1 aliphatic rings. The summed E-state index contributed by atoms with van der Waals surface area (Å²) < 4.78 is 72.2. The van der Waals surface area contributed by atoms with Crippen LogP contribution in [0.5, 0.6) is 0 Å². The van der Waals surface area contributed by atoms with Crippen LogP contribution in [0.4, 0.5) is 37.7 Å². The number of hydrogen-bond donors (Lipinski definition) is 2. The van der Waals surface area contributed by atoms with Crippen LogP contribution in [-0.2, 0) is 16.1 Å². The van der Waals surface area contributed by atoms with Crippen molar-refractivity contribution >= 4 is 28.9 Å². The highest BCUT2D eigenvalue weighted by atomic mass is 19.4. The zero-order chi connectivity index (χ0) is 30.8. The fourth-order valence-electron chi connectivity index (χ4n) is 4.04. The van der Waals surface area contributed by atoms with Crippen molar-refractivity contribution < 1.29 is 35.9 Å². The van der Waals surface area contributed by atoms with Crippen molar-refractivity contribution in [2.45, 2.75) is 45.6 Å². The number of nitrogens with two attached hydrogens (primary N) is 1. The minimum Gasteiger partial charge on any atom is -0.403 e. The Kier molecular flexibility index (Phi) is 11.8. The molecular weight excluding hydrogens is 552 g/mol. The molecule has 0 radical (unpaired) electrons. The Morgan fingerprint density at radius 2 is 1.56 bits per heavy atom. The van der Waals surface area contributed by atoms with E-state index in [1.54, 1.807) is 59.3 Å². The summed E-state index contributed by atoms with van der Waals surface area (Å²) in [7, 11) is 1.72. The summed E-state index contributed by atoms with van der Waals surface area (Å²) in [5.74, 6) is -0.0986. The molecule has 1 heterocycles. The highest BCUT2D eigenvalue weighted by Crippen LogP contribution is 2.27. The lowest BCUT2D eigenvalue weighted by Crippen LogP contribution is -2.42. The number of alkyl halides is 6. The minimum absolute atomic E-state index is 0.0145. The molecule has 3 rings (SSSR count). The maximum atomic E-state index is 13.7.